The first-order valence-corrected chi connectivity index (χ1v) is 12.4. The zero-order valence-electron chi connectivity index (χ0n) is 16.9. The van der Waals surface area contributed by atoms with Crippen LogP contribution in [0.1, 0.15) is 52.7 Å². The minimum Gasteiger partial charge on any atom is -0.303 e. The van der Waals surface area contributed by atoms with Gasteiger partial charge in [0.1, 0.15) is 0 Å². The van der Waals surface area contributed by atoms with E-state index in [1.54, 1.807) is 0 Å². The maximum absolute atomic E-state index is 8.88. The van der Waals surface area contributed by atoms with Gasteiger partial charge in [-0.05, 0) is 22.0 Å². The van der Waals surface area contributed by atoms with Gasteiger partial charge in [-0.3, -0.25) is 0 Å². The van der Waals surface area contributed by atoms with Gasteiger partial charge in [0.25, 0.3) is 0 Å². The Labute approximate surface area is 169 Å². The van der Waals surface area contributed by atoms with Crippen LogP contribution in [0.15, 0.2) is 24.3 Å². The Morgan fingerprint density at radius 1 is 0.552 bits per heavy atom. The number of hydrogen-bond acceptors (Lipinski definition) is 3. The molecule has 1 rings (SSSR count). The minimum atomic E-state index is -4.64. The third kappa shape index (κ3) is 38.7. The molecule has 0 heterocycles. The molecule has 0 radical (unpaired) electrons. The van der Waals surface area contributed by atoms with Crippen LogP contribution in [0.4, 0.5) is 0 Å². The number of phosphoric acid groups is 3. The van der Waals surface area contributed by atoms with Crippen molar-refractivity contribution in [3.8, 4) is 0 Å². The Morgan fingerprint density at radius 3 is 0.862 bits per heavy atom. The van der Waals surface area contributed by atoms with Crippen LogP contribution in [-0.4, -0.2) is 44.0 Å². The van der Waals surface area contributed by atoms with Crippen LogP contribution in [0.3, 0.4) is 0 Å². The van der Waals surface area contributed by atoms with Gasteiger partial charge in [-0.25, -0.2) is 13.7 Å². The summed E-state index contributed by atoms with van der Waals surface area (Å²) in [7, 11) is -13.9. The number of rotatable bonds is 0. The molecule has 0 amide bonds. The van der Waals surface area contributed by atoms with Gasteiger partial charge in [-0.2, -0.15) is 0 Å². The summed E-state index contributed by atoms with van der Waals surface area (Å²) in [5.74, 6) is 0. The van der Waals surface area contributed by atoms with Gasteiger partial charge >= 0.3 is 23.5 Å². The molecule has 0 aromatic heterocycles. The summed E-state index contributed by atoms with van der Waals surface area (Å²) < 4.78 is 26.6. The van der Waals surface area contributed by atoms with Crippen molar-refractivity contribution in [2.45, 2.75) is 52.4 Å². The van der Waals surface area contributed by atoms with Gasteiger partial charge in [0.05, 0.1) is 0 Å². The molecule has 0 atom stereocenters. The average molecular weight is 484 g/mol. The quantitative estimate of drug-likeness (QED) is 0.238. The zero-order chi connectivity index (χ0) is 24.5. The molecule has 9 N–H and O–H groups in total. The van der Waals surface area contributed by atoms with Gasteiger partial charge in [-0.1, -0.05) is 65.8 Å². The monoisotopic (exact) mass is 484 g/mol. The molecule has 0 bridgehead atoms. The topological polar surface area (TPSA) is 233 Å². The van der Waals surface area contributed by atoms with Crippen molar-refractivity contribution in [3.05, 3.63) is 35.4 Å². The third-order valence-electron chi connectivity index (χ3n) is 2.59. The molecular formula is C14H31O12P3. The first-order valence-electron chi connectivity index (χ1n) is 7.67. The number of benzene rings is 1. The van der Waals surface area contributed by atoms with Crippen molar-refractivity contribution in [1.82, 2.24) is 0 Å². The molecule has 0 aliphatic rings. The summed E-state index contributed by atoms with van der Waals surface area (Å²) in [6.45, 7) is 13.6. The Morgan fingerprint density at radius 2 is 0.724 bits per heavy atom. The van der Waals surface area contributed by atoms with Crippen LogP contribution < -0.4 is 0 Å². The minimum absolute atomic E-state index is 0.251. The van der Waals surface area contributed by atoms with Gasteiger partial charge in [0.2, 0.25) is 0 Å². The largest absolute Gasteiger partial charge is 0.466 e. The normalized spacial score (nSPS) is 12.4. The SMILES string of the molecule is CC(C)(C)c1cccc(C(C)(C)C)c1.O=P(O)(O)O.O=P(O)(O)O.O=P(O)(O)O. The van der Waals surface area contributed by atoms with E-state index < -0.39 is 23.5 Å². The van der Waals surface area contributed by atoms with Gasteiger partial charge in [0.15, 0.2) is 0 Å². The maximum Gasteiger partial charge on any atom is 0.466 e. The predicted molar refractivity (Wildman–Crippen MR) is 107 cm³/mol. The summed E-state index contributed by atoms with van der Waals surface area (Å²) in [4.78, 5) is 64.7. The van der Waals surface area contributed by atoms with E-state index in [1.807, 2.05) is 0 Å². The van der Waals surface area contributed by atoms with Crippen LogP contribution in [0.2, 0.25) is 0 Å². The first kappa shape index (κ1) is 33.2. The van der Waals surface area contributed by atoms with Gasteiger partial charge in [-0.15, -0.1) is 0 Å². The standard InChI is InChI=1S/C14H22.3H3O4P/c1-13(2,3)11-8-7-9-12(10-11)14(4,5)6;3*1-5(2,3)4/h7-10H,1-6H3;3*(H3,1,2,3,4). The average Bonchev–Trinajstić information content (AvgIpc) is 2.30. The fourth-order valence-corrected chi connectivity index (χ4v) is 1.45. The molecule has 0 aliphatic carbocycles. The fraction of sp³-hybridized carbons (Fsp3) is 0.571. The van der Waals surface area contributed by atoms with Crippen LogP contribution in [0.5, 0.6) is 0 Å². The molecule has 1 aromatic rings. The van der Waals surface area contributed by atoms with E-state index in [9.17, 15) is 0 Å². The van der Waals surface area contributed by atoms with Crippen LogP contribution in [0, 0.1) is 0 Å². The highest BCUT2D eigenvalue weighted by atomic mass is 31.2. The lowest BCUT2D eigenvalue weighted by Gasteiger charge is -2.24. The van der Waals surface area contributed by atoms with Crippen molar-refractivity contribution in [2.75, 3.05) is 0 Å². The first-order chi connectivity index (χ1) is 12.2. The molecule has 0 spiro atoms. The Bertz CT molecular complexity index is 631. The molecule has 0 saturated carbocycles. The van der Waals surface area contributed by atoms with Crippen LogP contribution in [-0.2, 0) is 24.5 Å². The molecule has 0 saturated heterocycles. The van der Waals surface area contributed by atoms with Gasteiger partial charge < -0.3 is 44.0 Å². The molecule has 29 heavy (non-hydrogen) atoms. The van der Waals surface area contributed by atoms with Crippen molar-refractivity contribution >= 4 is 23.5 Å². The Kier molecular flexibility index (Phi) is 14.2. The highest BCUT2D eigenvalue weighted by Crippen LogP contribution is 2.28. The molecule has 0 unspecified atom stereocenters. The lowest BCUT2D eigenvalue weighted by Crippen LogP contribution is -2.15. The van der Waals surface area contributed by atoms with E-state index in [-0.39, 0.29) is 10.8 Å². The maximum atomic E-state index is 8.88. The van der Waals surface area contributed by atoms with Crippen molar-refractivity contribution in [3.63, 3.8) is 0 Å². The van der Waals surface area contributed by atoms with Crippen molar-refractivity contribution in [2.24, 2.45) is 0 Å². The lowest BCUT2D eigenvalue weighted by molar-refractivity contribution is 0.272. The zero-order valence-corrected chi connectivity index (χ0v) is 19.6. The lowest BCUT2D eigenvalue weighted by atomic mass is 9.81. The molecule has 15 heteroatoms. The Balaban J connectivity index is -0.000000373. The van der Waals surface area contributed by atoms with Crippen molar-refractivity contribution in [1.29, 1.82) is 0 Å². The summed E-state index contributed by atoms with van der Waals surface area (Å²) in [6.07, 6.45) is 0. The summed E-state index contributed by atoms with van der Waals surface area (Å²) in [5.41, 5.74) is 3.34. The van der Waals surface area contributed by atoms with Crippen molar-refractivity contribution < 1.29 is 57.7 Å². The second-order valence-corrected chi connectivity index (χ2v) is 10.7. The highest BCUT2D eigenvalue weighted by Gasteiger charge is 2.18. The molecule has 1 aromatic carbocycles. The smallest absolute Gasteiger partial charge is 0.303 e. The third-order valence-corrected chi connectivity index (χ3v) is 2.59. The highest BCUT2D eigenvalue weighted by molar-refractivity contribution is 7.45. The van der Waals surface area contributed by atoms with E-state index in [1.165, 1.54) is 11.1 Å². The van der Waals surface area contributed by atoms with Gasteiger partial charge in [0, 0.05) is 0 Å². The van der Waals surface area contributed by atoms with Crippen LogP contribution >= 0.6 is 23.5 Å². The van der Waals surface area contributed by atoms with E-state index in [0.29, 0.717) is 0 Å². The molecule has 0 fully saturated rings. The van der Waals surface area contributed by atoms with E-state index in [0.717, 1.165) is 0 Å². The summed E-state index contributed by atoms with van der Waals surface area (Å²) >= 11 is 0. The molecular weight excluding hydrogens is 453 g/mol. The Hall–Kier alpha value is -0.450. The molecule has 0 aliphatic heterocycles. The molecule has 12 nitrogen and oxygen atoms in total. The predicted octanol–water partition coefficient (Wildman–Crippen LogP) is 1.50. The van der Waals surface area contributed by atoms with E-state index >= 15 is 0 Å². The number of hydrogen-bond donors (Lipinski definition) is 9. The summed E-state index contributed by atoms with van der Waals surface area (Å²) in [5, 5.41) is 0. The summed E-state index contributed by atoms with van der Waals surface area (Å²) in [6, 6.07) is 8.94. The molecule has 174 valence electrons. The van der Waals surface area contributed by atoms with E-state index in [2.05, 4.69) is 65.8 Å². The fourth-order valence-electron chi connectivity index (χ4n) is 1.45. The van der Waals surface area contributed by atoms with Crippen LogP contribution in [0.25, 0.3) is 0 Å². The second kappa shape index (κ2) is 12.4. The van der Waals surface area contributed by atoms with E-state index in [4.69, 9.17) is 57.7 Å². The second-order valence-electron chi connectivity index (χ2n) is 7.62.